The Morgan fingerprint density at radius 2 is 1.97 bits per heavy atom. The van der Waals surface area contributed by atoms with Gasteiger partial charge in [-0.25, -0.2) is 4.98 Å². The van der Waals surface area contributed by atoms with E-state index in [9.17, 15) is 4.79 Å². The molecule has 1 aliphatic rings. The molecule has 7 nitrogen and oxygen atoms in total. The van der Waals surface area contributed by atoms with Crippen molar-refractivity contribution in [2.45, 2.75) is 25.3 Å². The number of pyridine rings is 1. The number of rotatable bonds is 8. The van der Waals surface area contributed by atoms with Gasteiger partial charge in [-0.15, -0.1) is 0 Å². The van der Waals surface area contributed by atoms with Crippen molar-refractivity contribution >= 4 is 5.91 Å². The van der Waals surface area contributed by atoms with E-state index in [4.69, 9.17) is 14.2 Å². The van der Waals surface area contributed by atoms with Crippen molar-refractivity contribution in [2.75, 3.05) is 48.0 Å². The average molecular weight is 414 g/mol. The van der Waals surface area contributed by atoms with Crippen LogP contribution in [0.5, 0.6) is 17.4 Å². The van der Waals surface area contributed by atoms with Crippen LogP contribution < -0.4 is 14.2 Å². The highest BCUT2D eigenvalue weighted by atomic mass is 16.5. The molecule has 1 fully saturated rings. The Kier molecular flexibility index (Phi) is 7.52. The number of piperidine rings is 1. The fourth-order valence-corrected chi connectivity index (χ4v) is 3.91. The smallest absolute Gasteiger partial charge is 0.259 e. The first-order valence-electron chi connectivity index (χ1n) is 10.3. The summed E-state index contributed by atoms with van der Waals surface area (Å²) < 4.78 is 16.0. The number of methoxy groups -OCH3 is 3. The van der Waals surface area contributed by atoms with Crippen LogP contribution in [-0.4, -0.2) is 74.7 Å². The first-order chi connectivity index (χ1) is 14.6. The van der Waals surface area contributed by atoms with Gasteiger partial charge in [0.1, 0.15) is 5.56 Å². The minimum Gasteiger partial charge on any atom is -0.493 e. The Balaban J connectivity index is 1.60. The number of hydrogen-bond acceptors (Lipinski definition) is 6. The maximum Gasteiger partial charge on any atom is 0.259 e. The van der Waals surface area contributed by atoms with Crippen molar-refractivity contribution in [1.29, 1.82) is 0 Å². The maximum absolute atomic E-state index is 13.0. The number of benzene rings is 1. The Hall–Kier alpha value is -2.80. The van der Waals surface area contributed by atoms with Gasteiger partial charge in [-0.3, -0.25) is 4.79 Å². The summed E-state index contributed by atoms with van der Waals surface area (Å²) in [5, 5.41) is 0. The molecule has 1 atom stereocenters. The van der Waals surface area contributed by atoms with Crippen molar-refractivity contribution < 1.29 is 19.0 Å². The van der Waals surface area contributed by atoms with Crippen LogP contribution in [0, 0.1) is 0 Å². The van der Waals surface area contributed by atoms with E-state index >= 15 is 0 Å². The Morgan fingerprint density at radius 3 is 2.70 bits per heavy atom. The predicted molar refractivity (Wildman–Crippen MR) is 116 cm³/mol. The number of aromatic nitrogens is 1. The lowest BCUT2D eigenvalue weighted by Gasteiger charge is -2.37. The number of likely N-dealkylation sites (N-methyl/N-ethyl adjacent to an activating group) is 1. The average Bonchev–Trinajstić information content (AvgIpc) is 2.81. The summed E-state index contributed by atoms with van der Waals surface area (Å²) >= 11 is 0. The van der Waals surface area contributed by atoms with Gasteiger partial charge in [0, 0.05) is 31.9 Å². The second kappa shape index (κ2) is 10.3. The van der Waals surface area contributed by atoms with Crippen molar-refractivity contribution in [3.05, 3.63) is 47.7 Å². The molecular weight excluding hydrogens is 382 g/mol. The van der Waals surface area contributed by atoms with E-state index in [1.54, 1.807) is 39.7 Å². The van der Waals surface area contributed by atoms with Crippen LogP contribution in [-0.2, 0) is 6.42 Å². The summed E-state index contributed by atoms with van der Waals surface area (Å²) in [5.74, 6) is 1.85. The number of nitrogens with zero attached hydrogens (tertiary/aromatic N) is 3. The molecule has 1 amide bonds. The highest BCUT2D eigenvalue weighted by Crippen LogP contribution is 2.28. The molecule has 0 saturated carbocycles. The molecule has 2 heterocycles. The number of amides is 1. The molecule has 0 aliphatic carbocycles. The van der Waals surface area contributed by atoms with E-state index in [2.05, 4.69) is 23.0 Å². The van der Waals surface area contributed by atoms with Gasteiger partial charge in [0.05, 0.1) is 21.3 Å². The number of carbonyl (C=O) groups is 1. The Morgan fingerprint density at radius 1 is 1.17 bits per heavy atom. The molecule has 0 unspecified atom stereocenters. The van der Waals surface area contributed by atoms with Crippen LogP contribution in [0.15, 0.2) is 36.5 Å². The fourth-order valence-electron chi connectivity index (χ4n) is 3.91. The van der Waals surface area contributed by atoms with Gasteiger partial charge >= 0.3 is 0 Å². The highest BCUT2D eigenvalue weighted by molar-refractivity contribution is 5.96. The van der Waals surface area contributed by atoms with Crippen LogP contribution in [0.25, 0.3) is 0 Å². The Labute approximate surface area is 178 Å². The molecular formula is C23H31N3O4. The molecule has 30 heavy (non-hydrogen) atoms. The minimum atomic E-state index is -0.0158. The van der Waals surface area contributed by atoms with Crippen LogP contribution in [0.3, 0.4) is 0 Å². The summed E-state index contributed by atoms with van der Waals surface area (Å²) in [7, 11) is 6.96. The van der Waals surface area contributed by atoms with Gasteiger partial charge < -0.3 is 24.0 Å². The van der Waals surface area contributed by atoms with Gasteiger partial charge in [0.2, 0.25) is 5.88 Å². The van der Waals surface area contributed by atoms with Gasteiger partial charge in [0.25, 0.3) is 5.91 Å². The van der Waals surface area contributed by atoms with Crippen LogP contribution in [0.1, 0.15) is 28.8 Å². The first kappa shape index (κ1) is 21.9. The van der Waals surface area contributed by atoms with Crippen LogP contribution >= 0.6 is 0 Å². The van der Waals surface area contributed by atoms with Gasteiger partial charge in [-0.1, -0.05) is 6.07 Å². The van der Waals surface area contributed by atoms with Crippen molar-refractivity contribution in [1.82, 2.24) is 14.8 Å². The molecule has 0 radical (unpaired) electrons. The molecule has 0 N–H and O–H groups in total. The Bertz CT molecular complexity index is 858. The third-order valence-electron chi connectivity index (χ3n) is 5.70. The van der Waals surface area contributed by atoms with Gasteiger partial charge in [0.15, 0.2) is 11.5 Å². The maximum atomic E-state index is 13.0. The van der Waals surface area contributed by atoms with E-state index in [0.717, 1.165) is 43.9 Å². The summed E-state index contributed by atoms with van der Waals surface area (Å²) in [5.41, 5.74) is 1.72. The first-order valence-corrected chi connectivity index (χ1v) is 10.3. The molecule has 1 aromatic heterocycles. The topological polar surface area (TPSA) is 64.1 Å². The number of likely N-dealkylation sites (tertiary alicyclic amines) is 1. The molecule has 3 rings (SSSR count). The number of ether oxygens (including phenoxy) is 3. The molecule has 1 aromatic carbocycles. The summed E-state index contributed by atoms with van der Waals surface area (Å²) in [6.45, 7) is 2.37. The van der Waals surface area contributed by atoms with E-state index in [1.807, 2.05) is 17.0 Å². The zero-order chi connectivity index (χ0) is 21.5. The quantitative estimate of drug-likeness (QED) is 0.663. The predicted octanol–water partition coefficient (Wildman–Crippen LogP) is 2.89. The van der Waals surface area contributed by atoms with Crippen LogP contribution in [0.2, 0.25) is 0 Å². The van der Waals surface area contributed by atoms with Crippen LogP contribution in [0.4, 0.5) is 0 Å². The van der Waals surface area contributed by atoms with E-state index in [-0.39, 0.29) is 5.91 Å². The monoisotopic (exact) mass is 413 g/mol. The van der Waals surface area contributed by atoms with E-state index in [0.29, 0.717) is 24.0 Å². The standard InChI is InChI=1S/C23H31N3O4/c1-25(14-11-17-9-10-20(28-2)21(15-17)29-3)18-7-6-13-26(16-18)23(27)19-8-5-12-24-22(19)30-4/h5,8-10,12,15,18H,6-7,11,13-14,16H2,1-4H3/t18-/m1/s1. The molecule has 0 spiro atoms. The lowest BCUT2D eigenvalue weighted by Crippen LogP contribution is -2.49. The number of hydrogen-bond donors (Lipinski definition) is 0. The third kappa shape index (κ3) is 5.02. The third-order valence-corrected chi connectivity index (χ3v) is 5.70. The van der Waals surface area contributed by atoms with Gasteiger partial charge in [-0.2, -0.15) is 0 Å². The zero-order valence-corrected chi connectivity index (χ0v) is 18.3. The van der Waals surface area contributed by atoms with Crippen molar-refractivity contribution in [3.8, 4) is 17.4 Å². The molecule has 1 aliphatic heterocycles. The molecule has 2 aromatic rings. The summed E-state index contributed by atoms with van der Waals surface area (Å²) in [6.07, 6.45) is 4.60. The highest BCUT2D eigenvalue weighted by Gasteiger charge is 2.28. The second-order valence-electron chi connectivity index (χ2n) is 7.53. The normalized spacial score (nSPS) is 16.4. The molecule has 0 bridgehead atoms. The van der Waals surface area contributed by atoms with Crippen molar-refractivity contribution in [2.24, 2.45) is 0 Å². The SMILES string of the molecule is COc1ccc(CCN(C)[C@@H]2CCCN(C(=O)c3cccnc3OC)C2)cc1OC. The molecule has 162 valence electrons. The number of carbonyl (C=O) groups excluding carboxylic acids is 1. The lowest BCUT2D eigenvalue weighted by molar-refractivity contribution is 0.0607. The van der Waals surface area contributed by atoms with Gasteiger partial charge in [-0.05, 0) is 56.1 Å². The zero-order valence-electron chi connectivity index (χ0n) is 18.3. The molecule has 7 heteroatoms. The second-order valence-corrected chi connectivity index (χ2v) is 7.53. The van der Waals surface area contributed by atoms with E-state index in [1.165, 1.54) is 5.56 Å². The summed E-state index contributed by atoms with van der Waals surface area (Å²) in [4.78, 5) is 21.4. The largest absolute Gasteiger partial charge is 0.493 e. The lowest BCUT2D eigenvalue weighted by atomic mass is 10.0. The minimum absolute atomic E-state index is 0.0158. The fraction of sp³-hybridized carbons (Fsp3) is 0.478. The van der Waals surface area contributed by atoms with E-state index < -0.39 is 0 Å². The molecule has 1 saturated heterocycles. The summed E-state index contributed by atoms with van der Waals surface area (Å²) in [6, 6.07) is 9.91. The van der Waals surface area contributed by atoms with Crippen molar-refractivity contribution in [3.63, 3.8) is 0 Å².